The maximum atomic E-state index is 11.7. The number of carbonyl (C=O) groups excluding carboxylic acids is 1. The summed E-state index contributed by atoms with van der Waals surface area (Å²) in [5.74, 6) is 0.372. The van der Waals surface area contributed by atoms with Crippen molar-refractivity contribution >= 4 is 14.8 Å². The van der Waals surface area contributed by atoms with E-state index in [2.05, 4.69) is 19.6 Å². The fraction of sp³-hybridized carbons (Fsp3) is 0.783. The summed E-state index contributed by atoms with van der Waals surface area (Å²) in [6.45, 7) is 6.57. The molecule has 0 bridgehead atoms. The van der Waals surface area contributed by atoms with Crippen molar-refractivity contribution in [2.45, 2.75) is 83.6 Å². The molecule has 0 saturated carbocycles. The third-order valence-corrected chi connectivity index (χ3v) is 8.10. The number of rotatable bonds is 20. The smallest absolute Gasteiger partial charge is 0.463 e. The standard InChI is InChI=1S/C23H44O5Si/c1-6-8-9-13-17-22(7-2)18-14-11-10-12-15-19-23(24)28-20-16-21-29(25-3,26-4)27-5/h7,15,19,22H,2,6,8-14,16-18,20-21H2,1,3-5H3/b19-15+. The molecule has 0 spiro atoms. The molecule has 0 aromatic carbocycles. The van der Waals surface area contributed by atoms with E-state index in [9.17, 15) is 4.79 Å². The summed E-state index contributed by atoms with van der Waals surface area (Å²) in [6.07, 6.45) is 18.5. The number of carbonyl (C=O) groups is 1. The van der Waals surface area contributed by atoms with E-state index < -0.39 is 8.80 Å². The average Bonchev–Trinajstić information content (AvgIpc) is 2.75. The first kappa shape index (κ1) is 28.0. The van der Waals surface area contributed by atoms with Gasteiger partial charge >= 0.3 is 14.8 Å². The molecule has 0 N–H and O–H groups in total. The molecule has 0 aliphatic rings. The van der Waals surface area contributed by atoms with Gasteiger partial charge < -0.3 is 18.0 Å². The van der Waals surface area contributed by atoms with Crippen LogP contribution in [0, 0.1) is 5.92 Å². The van der Waals surface area contributed by atoms with Gasteiger partial charge in [-0.05, 0) is 38.0 Å². The van der Waals surface area contributed by atoms with Gasteiger partial charge in [-0.3, -0.25) is 0 Å². The summed E-state index contributed by atoms with van der Waals surface area (Å²) < 4.78 is 21.2. The zero-order valence-corrected chi connectivity index (χ0v) is 20.3. The van der Waals surface area contributed by atoms with Gasteiger partial charge in [-0.2, -0.15) is 0 Å². The van der Waals surface area contributed by atoms with Crippen molar-refractivity contribution < 1.29 is 22.8 Å². The Hall–Kier alpha value is -0.953. The van der Waals surface area contributed by atoms with Gasteiger partial charge in [0, 0.05) is 33.4 Å². The minimum atomic E-state index is -2.57. The molecule has 1 atom stereocenters. The predicted molar refractivity (Wildman–Crippen MR) is 122 cm³/mol. The number of hydrogen-bond donors (Lipinski definition) is 0. The number of ether oxygens (including phenoxy) is 1. The Balaban J connectivity index is 3.73. The van der Waals surface area contributed by atoms with Gasteiger partial charge in [0.05, 0.1) is 6.61 Å². The van der Waals surface area contributed by atoms with Gasteiger partial charge in [-0.15, -0.1) is 6.58 Å². The number of hydrogen-bond acceptors (Lipinski definition) is 5. The van der Waals surface area contributed by atoms with Crippen molar-refractivity contribution in [2.24, 2.45) is 5.92 Å². The molecule has 0 heterocycles. The Labute approximate surface area is 180 Å². The van der Waals surface area contributed by atoms with Crippen LogP contribution in [-0.2, 0) is 22.8 Å². The highest BCUT2D eigenvalue weighted by atomic mass is 28.4. The van der Waals surface area contributed by atoms with Crippen molar-refractivity contribution in [1.82, 2.24) is 0 Å². The van der Waals surface area contributed by atoms with Crippen LogP contribution in [0.15, 0.2) is 24.8 Å². The molecule has 0 aliphatic heterocycles. The second kappa shape index (κ2) is 19.0. The Bertz CT molecular complexity index is 427. The molecule has 0 radical (unpaired) electrons. The van der Waals surface area contributed by atoms with Crippen LogP contribution >= 0.6 is 0 Å². The van der Waals surface area contributed by atoms with Crippen LogP contribution in [0.3, 0.4) is 0 Å². The van der Waals surface area contributed by atoms with Gasteiger partial charge in [-0.1, -0.05) is 57.6 Å². The molecule has 6 heteroatoms. The lowest BCUT2D eigenvalue weighted by molar-refractivity contribution is -0.137. The third kappa shape index (κ3) is 14.6. The molecular formula is C23H44O5Si. The van der Waals surface area contributed by atoms with Crippen LogP contribution in [0.2, 0.25) is 6.04 Å². The van der Waals surface area contributed by atoms with Gasteiger partial charge in [0.15, 0.2) is 0 Å². The maximum Gasteiger partial charge on any atom is 0.500 e. The average molecular weight is 429 g/mol. The minimum absolute atomic E-state index is 0.289. The quantitative estimate of drug-likeness (QED) is 0.0773. The van der Waals surface area contributed by atoms with Gasteiger partial charge in [0.2, 0.25) is 0 Å². The Morgan fingerprint density at radius 1 is 0.931 bits per heavy atom. The second-order valence-electron chi connectivity index (χ2n) is 7.45. The van der Waals surface area contributed by atoms with Crippen molar-refractivity contribution in [3.8, 4) is 0 Å². The molecule has 0 amide bonds. The van der Waals surface area contributed by atoms with Crippen molar-refractivity contribution in [2.75, 3.05) is 27.9 Å². The zero-order valence-electron chi connectivity index (χ0n) is 19.3. The SMILES string of the molecule is C=CC(CCCCCC)CCCCC/C=C/C(=O)OCCC[Si](OC)(OC)OC. The zero-order chi connectivity index (χ0) is 21.8. The lowest BCUT2D eigenvalue weighted by Gasteiger charge is -2.23. The van der Waals surface area contributed by atoms with Crippen molar-refractivity contribution in [3.63, 3.8) is 0 Å². The molecule has 170 valence electrons. The molecular weight excluding hydrogens is 384 g/mol. The summed E-state index contributed by atoms with van der Waals surface area (Å²) in [7, 11) is 2.18. The molecule has 0 aliphatic carbocycles. The molecule has 1 unspecified atom stereocenters. The number of esters is 1. The van der Waals surface area contributed by atoms with E-state index in [1.54, 1.807) is 21.3 Å². The monoisotopic (exact) mass is 428 g/mol. The number of unbranched alkanes of at least 4 members (excludes halogenated alkanes) is 6. The van der Waals surface area contributed by atoms with Gasteiger partial charge in [-0.25, -0.2) is 4.79 Å². The van der Waals surface area contributed by atoms with Crippen LogP contribution in [-0.4, -0.2) is 42.7 Å². The van der Waals surface area contributed by atoms with Crippen LogP contribution in [0.4, 0.5) is 0 Å². The number of allylic oxidation sites excluding steroid dienone is 2. The summed E-state index contributed by atoms with van der Waals surface area (Å²) in [4.78, 5) is 11.7. The summed E-state index contributed by atoms with van der Waals surface area (Å²) >= 11 is 0. The molecule has 5 nitrogen and oxygen atoms in total. The Morgan fingerprint density at radius 3 is 2.10 bits per heavy atom. The van der Waals surface area contributed by atoms with Crippen LogP contribution in [0.25, 0.3) is 0 Å². The molecule has 0 aromatic rings. The predicted octanol–water partition coefficient (Wildman–Crippen LogP) is 6.08. The summed E-state index contributed by atoms with van der Waals surface area (Å²) in [6, 6.07) is 0.623. The molecule has 29 heavy (non-hydrogen) atoms. The van der Waals surface area contributed by atoms with E-state index in [1.807, 2.05) is 6.08 Å². The fourth-order valence-electron chi connectivity index (χ4n) is 3.30. The largest absolute Gasteiger partial charge is 0.500 e. The summed E-state index contributed by atoms with van der Waals surface area (Å²) in [5, 5.41) is 0. The molecule has 0 rings (SSSR count). The van der Waals surface area contributed by atoms with E-state index in [4.69, 9.17) is 18.0 Å². The van der Waals surface area contributed by atoms with Crippen LogP contribution in [0.1, 0.15) is 77.6 Å². The van der Waals surface area contributed by atoms with Gasteiger partial charge in [0.25, 0.3) is 0 Å². The van der Waals surface area contributed by atoms with E-state index in [0.717, 1.165) is 12.8 Å². The molecule has 0 aromatic heterocycles. The van der Waals surface area contributed by atoms with Gasteiger partial charge in [0.1, 0.15) is 0 Å². The molecule has 0 fully saturated rings. The minimum Gasteiger partial charge on any atom is -0.463 e. The van der Waals surface area contributed by atoms with Crippen molar-refractivity contribution in [1.29, 1.82) is 0 Å². The summed E-state index contributed by atoms with van der Waals surface area (Å²) in [5.41, 5.74) is 0. The first-order valence-corrected chi connectivity index (χ1v) is 13.1. The highest BCUT2D eigenvalue weighted by Crippen LogP contribution is 2.19. The van der Waals surface area contributed by atoms with Crippen LogP contribution < -0.4 is 0 Å². The maximum absolute atomic E-state index is 11.7. The molecule has 0 saturated heterocycles. The van der Waals surface area contributed by atoms with E-state index in [-0.39, 0.29) is 5.97 Å². The second-order valence-corrected chi connectivity index (χ2v) is 10.5. The topological polar surface area (TPSA) is 54.0 Å². The van der Waals surface area contributed by atoms with E-state index in [1.165, 1.54) is 57.4 Å². The first-order valence-electron chi connectivity index (χ1n) is 11.2. The lowest BCUT2D eigenvalue weighted by Crippen LogP contribution is -2.42. The first-order chi connectivity index (χ1) is 14.1. The highest BCUT2D eigenvalue weighted by Gasteiger charge is 2.36. The van der Waals surface area contributed by atoms with Crippen LogP contribution in [0.5, 0.6) is 0 Å². The fourth-order valence-corrected chi connectivity index (χ4v) is 4.99. The lowest BCUT2D eigenvalue weighted by atomic mass is 9.94. The van der Waals surface area contributed by atoms with E-state index >= 15 is 0 Å². The highest BCUT2D eigenvalue weighted by molar-refractivity contribution is 6.60. The van der Waals surface area contributed by atoms with Crippen molar-refractivity contribution in [3.05, 3.63) is 24.8 Å². The third-order valence-electron chi connectivity index (χ3n) is 5.27. The Kier molecular flexibility index (Phi) is 18.4. The Morgan fingerprint density at radius 2 is 1.55 bits per heavy atom. The van der Waals surface area contributed by atoms with E-state index in [0.29, 0.717) is 25.0 Å². The normalized spacial score (nSPS) is 13.0.